The highest BCUT2D eigenvalue weighted by Crippen LogP contribution is 2.33. The minimum absolute atomic E-state index is 0.130. The molecule has 0 aliphatic carbocycles. The van der Waals surface area contributed by atoms with Gasteiger partial charge in [-0.25, -0.2) is 9.97 Å². The van der Waals surface area contributed by atoms with Crippen LogP contribution >= 0.6 is 0 Å². The molecule has 1 aromatic carbocycles. The summed E-state index contributed by atoms with van der Waals surface area (Å²) in [5.41, 5.74) is 4.19. The molecule has 0 saturated carbocycles. The maximum Gasteiger partial charge on any atom is 0.226 e. The SMILES string of the molecule is CCc1nc(-c2cncnc2[C@@H]2CCN(Cc3ccc(OC(C)C)c(COC)c3)C2)no1. The molecule has 8 nitrogen and oxygen atoms in total. The summed E-state index contributed by atoms with van der Waals surface area (Å²) >= 11 is 0. The van der Waals surface area contributed by atoms with E-state index in [0.717, 1.165) is 48.6 Å². The Morgan fingerprint density at radius 1 is 1.28 bits per heavy atom. The lowest BCUT2D eigenvalue weighted by Crippen LogP contribution is -2.20. The van der Waals surface area contributed by atoms with Crippen LogP contribution in [0.3, 0.4) is 0 Å². The van der Waals surface area contributed by atoms with Gasteiger partial charge in [-0.05, 0) is 44.5 Å². The van der Waals surface area contributed by atoms with Crippen LogP contribution in [0.15, 0.2) is 35.2 Å². The number of aryl methyl sites for hydroxylation is 1. The predicted octanol–water partition coefficient (Wildman–Crippen LogP) is 4.01. The minimum atomic E-state index is 0.130. The summed E-state index contributed by atoms with van der Waals surface area (Å²) in [4.78, 5) is 15.7. The number of rotatable bonds is 9. The fourth-order valence-corrected chi connectivity index (χ4v) is 4.17. The van der Waals surface area contributed by atoms with E-state index in [-0.39, 0.29) is 6.10 Å². The van der Waals surface area contributed by atoms with E-state index in [0.29, 0.717) is 30.7 Å². The minimum Gasteiger partial charge on any atom is -0.491 e. The number of methoxy groups -OCH3 is 1. The van der Waals surface area contributed by atoms with Gasteiger partial charge in [0.1, 0.15) is 12.1 Å². The Balaban J connectivity index is 1.47. The van der Waals surface area contributed by atoms with Crippen molar-refractivity contribution in [2.24, 2.45) is 0 Å². The van der Waals surface area contributed by atoms with Gasteiger partial charge in [-0.2, -0.15) is 4.98 Å². The molecule has 1 fully saturated rings. The topological polar surface area (TPSA) is 86.4 Å². The van der Waals surface area contributed by atoms with Crippen LogP contribution < -0.4 is 4.74 Å². The molecule has 0 spiro atoms. The molecule has 1 atom stereocenters. The standard InChI is InChI=1S/C24H31N5O3/c1-5-22-27-24(28-32-22)20-11-25-15-26-23(20)18-8-9-29(13-18)12-17-6-7-21(31-16(2)3)19(10-17)14-30-4/h6-7,10-11,15-16,18H,5,8-9,12-14H2,1-4H3/t18-/m1/s1. The number of likely N-dealkylation sites (tertiary alicyclic amines) is 1. The van der Waals surface area contributed by atoms with E-state index in [2.05, 4.69) is 43.2 Å². The highest BCUT2D eigenvalue weighted by Gasteiger charge is 2.28. The largest absolute Gasteiger partial charge is 0.491 e. The third kappa shape index (κ3) is 5.14. The zero-order valence-electron chi connectivity index (χ0n) is 19.2. The molecule has 4 rings (SSSR count). The van der Waals surface area contributed by atoms with Gasteiger partial charge in [0, 0.05) is 44.3 Å². The van der Waals surface area contributed by atoms with Gasteiger partial charge in [0.15, 0.2) is 0 Å². The number of hydrogen-bond acceptors (Lipinski definition) is 8. The lowest BCUT2D eigenvalue weighted by atomic mass is 10.00. The summed E-state index contributed by atoms with van der Waals surface area (Å²) in [5.74, 6) is 2.39. The average Bonchev–Trinajstić information content (AvgIpc) is 3.45. The van der Waals surface area contributed by atoms with Crippen LogP contribution in [0.5, 0.6) is 5.75 Å². The van der Waals surface area contributed by atoms with Gasteiger partial charge in [0.2, 0.25) is 11.7 Å². The first kappa shape index (κ1) is 22.4. The monoisotopic (exact) mass is 437 g/mol. The second kappa shape index (κ2) is 10.2. The van der Waals surface area contributed by atoms with E-state index >= 15 is 0 Å². The molecule has 0 N–H and O–H groups in total. The third-order valence-electron chi connectivity index (χ3n) is 5.61. The Bertz CT molecular complexity index is 1040. The van der Waals surface area contributed by atoms with Gasteiger partial charge < -0.3 is 14.0 Å². The predicted molar refractivity (Wildman–Crippen MR) is 120 cm³/mol. The van der Waals surface area contributed by atoms with Crippen molar-refractivity contribution in [3.05, 3.63) is 53.4 Å². The molecule has 0 bridgehead atoms. The quantitative estimate of drug-likeness (QED) is 0.496. The zero-order valence-corrected chi connectivity index (χ0v) is 19.2. The highest BCUT2D eigenvalue weighted by molar-refractivity contribution is 5.57. The molecule has 32 heavy (non-hydrogen) atoms. The van der Waals surface area contributed by atoms with Gasteiger partial charge in [-0.15, -0.1) is 0 Å². The van der Waals surface area contributed by atoms with Crippen LogP contribution in [0.1, 0.15) is 55.8 Å². The van der Waals surface area contributed by atoms with Crippen LogP contribution in [0.25, 0.3) is 11.4 Å². The van der Waals surface area contributed by atoms with Crippen LogP contribution in [0, 0.1) is 0 Å². The number of aromatic nitrogens is 4. The number of nitrogens with zero attached hydrogens (tertiary/aromatic N) is 5. The van der Waals surface area contributed by atoms with E-state index in [9.17, 15) is 0 Å². The normalized spacial score (nSPS) is 16.7. The van der Waals surface area contributed by atoms with E-state index in [1.54, 1.807) is 19.6 Å². The van der Waals surface area contributed by atoms with Crippen molar-refractivity contribution in [3.8, 4) is 17.1 Å². The van der Waals surface area contributed by atoms with Crippen LogP contribution in [-0.2, 0) is 24.3 Å². The summed E-state index contributed by atoms with van der Waals surface area (Å²) in [6.07, 6.45) is 5.26. The molecule has 3 heterocycles. The summed E-state index contributed by atoms with van der Waals surface area (Å²) in [7, 11) is 1.71. The van der Waals surface area contributed by atoms with Crippen molar-refractivity contribution in [1.29, 1.82) is 0 Å². The van der Waals surface area contributed by atoms with E-state index in [1.807, 2.05) is 20.8 Å². The average molecular weight is 438 g/mol. The molecule has 0 unspecified atom stereocenters. The van der Waals surface area contributed by atoms with Crippen molar-refractivity contribution >= 4 is 0 Å². The second-order valence-electron chi connectivity index (χ2n) is 8.45. The van der Waals surface area contributed by atoms with Gasteiger partial charge in [-0.3, -0.25) is 4.90 Å². The first-order valence-electron chi connectivity index (χ1n) is 11.2. The van der Waals surface area contributed by atoms with Crippen molar-refractivity contribution in [3.63, 3.8) is 0 Å². The second-order valence-corrected chi connectivity index (χ2v) is 8.45. The van der Waals surface area contributed by atoms with Crippen molar-refractivity contribution < 1.29 is 14.0 Å². The first-order valence-corrected chi connectivity index (χ1v) is 11.2. The molecular formula is C24H31N5O3. The van der Waals surface area contributed by atoms with Crippen molar-refractivity contribution in [2.75, 3.05) is 20.2 Å². The number of hydrogen-bond donors (Lipinski definition) is 0. The number of ether oxygens (including phenoxy) is 2. The smallest absolute Gasteiger partial charge is 0.226 e. The van der Waals surface area contributed by atoms with E-state index in [1.165, 1.54) is 5.56 Å². The van der Waals surface area contributed by atoms with Crippen molar-refractivity contribution in [1.82, 2.24) is 25.0 Å². The van der Waals surface area contributed by atoms with E-state index in [4.69, 9.17) is 14.0 Å². The van der Waals surface area contributed by atoms with Crippen LogP contribution in [0.4, 0.5) is 0 Å². The summed E-state index contributed by atoms with van der Waals surface area (Å²) in [6, 6.07) is 6.39. The van der Waals surface area contributed by atoms with E-state index < -0.39 is 0 Å². The van der Waals surface area contributed by atoms with Crippen LogP contribution in [0.2, 0.25) is 0 Å². The molecule has 0 radical (unpaired) electrons. The van der Waals surface area contributed by atoms with Crippen molar-refractivity contribution in [2.45, 2.75) is 58.8 Å². The fraction of sp³-hybridized carbons (Fsp3) is 0.500. The lowest BCUT2D eigenvalue weighted by molar-refractivity contribution is 0.174. The molecule has 8 heteroatoms. The number of benzene rings is 1. The molecule has 2 aromatic heterocycles. The molecule has 3 aromatic rings. The molecule has 0 amide bonds. The van der Waals surface area contributed by atoms with Gasteiger partial charge in [0.05, 0.1) is 24.0 Å². The molecule has 1 aliphatic heterocycles. The maximum atomic E-state index is 5.94. The summed E-state index contributed by atoms with van der Waals surface area (Å²) in [6.45, 7) is 9.40. The molecule has 1 aliphatic rings. The molecular weight excluding hydrogens is 406 g/mol. The Hall–Kier alpha value is -2.84. The Morgan fingerprint density at radius 3 is 2.91 bits per heavy atom. The molecule has 1 saturated heterocycles. The Morgan fingerprint density at radius 2 is 2.16 bits per heavy atom. The fourth-order valence-electron chi connectivity index (χ4n) is 4.17. The van der Waals surface area contributed by atoms with Crippen LogP contribution in [-0.4, -0.2) is 51.3 Å². The highest BCUT2D eigenvalue weighted by atomic mass is 16.5. The maximum absolute atomic E-state index is 5.94. The summed E-state index contributed by atoms with van der Waals surface area (Å²) < 4.78 is 16.6. The zero-order chi connectivity index (χ0) is 22.5. The summed E-state index contributed by atoms with van der Waals surface area (Å²) in [5, 5.41) is 4.13. The van der Waals surface area contributed by atoms with Gasteiger partial charge >= 0.3 is 0 Å². The Kier molecular flexibility index (Phi) is 7.12. The third-order valence-corrected chi connectivity index (χ3v) is 5.61. The first-order chi connectivity index (χ1) is 15.6. The van der Waals surface area contributed by atoms with Gasteiger partial charge in [0.25, 0.3) is 0 Å². The Labute approximate surface area is 189 Å². The van der Waals surface area contributed by atoms with Gasteiger partial charge in [-0.1, -0.05) is 18.1 Å². The lowest BCUT2D eigenvalue weighted by Gasteiger charge is -2.19. The molecule has 170 valence electrons.